The second-order valence-corrected chi connectivity index (χ2v) is 7.52. The smallest absolute Gasteiger partial charge is 0.131 e. The highest BCUT2D eigenvalue weighted by atomic mass is 31.1. The zero-order chi connectivity index (χ0) is 16.1. The average molecular weight is 318 g/mol. The predicted octanol–water partition coefficient (Wildman–Crippen LogP) is 3.77. The third-order valence-corrected chi connectivity index (χ3v) is 4.69. The van der Waals surface area contributed by atoms with Crippen LogP contribution in [0.4, 0.5) is 0 Å². The van der Waals surface area contributed by atoms with Gasteiger partial charge in [0.2, 0.25) is 0 Å². The molecule has 0 spiro atoms. The predicted molar refractivity (Wildman–Crippen MR) is 92.7 cm³/mol. The van der Waals surface area contributed by atoms with Crippen molar-refractivity contribution in [3.05, 3.63) is 48.5 Å². The van der Waals surface area contributed by atoms with Crippen LogP contribution in [0, 0.1) is 0 Å². The molecule has 0 aliphatic rings. The molecule has 0 aliphatic carbocycles. The summed E-state index contributed by atoms with van der Waals surface area (Å²) < 4.78 is 23.8. The minimum absolute atomic E-state index is 0.136. The van der Waals surface area contributed by atoms with Crippen molar-refractivity contribution in [3.8, 4) is 11.5 Å². The Morgan fingerprint density at radius 1 is 0.682 bits per heavy atom. The monoisotopic (exact) mass is 318 g/mol. The summed E-state index contributed by atoms with van der Waals surface area (Å²) >= 11 is 0. The summed E-state index contributed by atoms with van der Waals surface area (Å²) in [5.74, 6) is 1.60. The molecule has 2 aromatic rings. The molecule has 0 aromatic heterocycles. The average Bonchev–Trinajstić information content (AvgIpc) is 2.47. The van der Waals surface area contributed by atoms with E-state index in [9.17, 15) is 4.57 Å². The zero-order valence-electron chi connectivity index (χ0n) is 13.5. The minimum Gasteiger partial charge on any atom is -0.491 e. The Balaban J connectivity index is 2.10. The van der Waals surface area contributed by atoms with Crippen LogP contribution in [0.15, 0.2) is 48.5 Å². The molecule has 2 aromatic carbocycles. The maximum absolute atomic E-state index is 12.6. The lowest BCUT2D eigenvalue weighted by Gasteiger charge is -2.11. The van der Waals surface area contributed by atoms with Gasteiger partial charge in [-0.3, -0.25) is 0 Å². The van der Waals surface area contributed by atoms with E-state index in [0.29, 0.717) is 0 Å². The molecule has 0 saturated carbocycles. The van der Waals surface area contributed by atoms with Crippen LogP contribution < -0.4 is 20.1 Å². The van der Waals surface area contributed by atoms with E-state index in [1.54, 1.807) is 0 Å². The lowest BCUT2D eigenvalue weighted by atomic mass is 10.3. The molecule has 0 N–H and O–H groups in total. The van der Waals surface area contributed by atoms with Gasteiger partial charge in [-0.2, -0.15) is 0 Å². The van der Waals surface area contributed by atoms with E-state index in [2.05, 4.69) is 0 Å². The number of hydrogen-bond acceptors (Lipinski definition) is 3. The maximum Gasteiger partial charge on any atom is 0.131 e. The Bertz CT molecular complexity index is 560. The van der Waals surface area contributed by atoms with Gasteiger partial charge in [0, 0.05) is 10.6 Å². The fourth-order valence-corrected chi connectivity index (χ4v) is 3.35. The van der Waals surface area contributed by atoms with Crippen molar-refractivity contribution in [1.82, 2.24) is 0 Å². The summed E-state index contributed by atoms with van der Waals surface area (Å²) in [6.45, 7) is 7.93. The van der Waals surface area contributed by atoms with Crippen molar-refractivity contribution in [3.63, 3.8) is 0 Å². The lowest BCUT2D eigenvalue weighted by molar-refractivity contribution is 0.242. The van der Waals surface area contributed by atoms with E-state index in [4.69, 9.17) is 9.47 Å². The molecule has 0 bridgehead atoms. The normalized spacial score (nSPS) is 11.2. The first kappa shape index (κ1) is 16.6. The van der Waals surface area contributed by atoms with Crippen LogP contribution in [0.25, 0.3) is 0 Å². The summed E-state index contributed by atoms with van der Waals surface area (Å²) in [6, 6.07) is 15.0. The van der Waals surface area contributed by atoms with Crippen molar-refractivity contribution in [1.29, 1.82) is 0 Å². The SMILES string of the molecule is CC(C)Oc1ccc([PH](=O)c2ccc(OC(C)C)cc2)cc1. The molecule has 2 rings (SSSR count). The first-order chi connectivity index (χ1) is 10.5. The van der Waals surface area contributed by atoms with E-state index in [1.807, 2.05) is 76.2 Å². The summed E-state index contributed by atoms with van der Waals surface area (Å²) in [6.07, 6.45) is 0.271. The van der Waals surface area contributed by atoms with E-state index >= 15 is 0 Å². The Morgan fingerprint density at radius 3 is 1.27 bits per heavy atom. The first-order valence-electron chi connectivity index (χ1n) is 7.54. The molecule has 0 heterocycles. The highest BCUT2D eigenvalue weighted by molar-refractivity contribution is 7.61. The third kappa shape index (κ3) is 4.64. The molecular weight excluding hydrogens is 295 g/mol. The van der Waals surface area contributed by atoms with Crippen LogP contribution in [0.1, 0.15) is 27.7 Å². The van der Waals surface area contributed by atoms with Crippen molar-refractivity contribution in [2.45, 2.75) is 39.9 Å². The second-order valence-electron chi connectivity index (χ2n) is 5.71. The van der Waals surface area contributed by atoms with Crippen LogP contribution in [-0.4, -0.2) is 12.2 Å². The Labute approximate surface area is 133 Å². The molecule has 0 fully saturated rings. The number of rotatable bonds is 6. The molecule has 0 atom stereocenters. The van der Waals surface area contributed by atoms with Crippen molar-refractivity contribution in [2.75, 3.05) is 0 Å². The fraction of sp³-hybridized carbons (Fsp3) is 0.333. The maximum atomic E-state index is 12.6. The van der Waals surface area contributed by atoms with Crippen molar-refractivity contribution in [2.24, 2.45) is 0 Å². The van der Waals surface area contributed by atoms with Crippen LogP contribution in [-0.2, 0) is 4.57 Å². The van der Waals surface area contributed by atoms with Gasteiger partial charge in [-0.15, -0.1) is 0 Å². The highest BCUT2D eigenvalue weighted by Crippen LogP contribution is 2.23. The number of ether oxygens (including phenoxy) is 2. The molecule has 0 saturated heterocycles. The van der Waals surface area contributed by atoms with Gasteiger partial charge in [-0.25, -0.2) is 0 Å². The van der Waals surface area contributed by atoms with Gasteiger partial charge in [0.05, 0.1) is 12.2 Å². The molecule has 0 aliphatic heterocycles. The third-order valence-electron chi connectivity index (χ3n) is 2.98. The van der Waals surface area contributed by atoms with Gasteiger partial charge >= 0.3 is 0 Å². The van der Waals surface area contributed by atoms with Gasteiger partial charge in [-0.1, -0.05) is 0 Å². The van der Waals surface area contributed by atoms with Crippen LogP contribution >= 0.6 is 7.80 Å². The number of hydrogen-bond donors (Lipinski definition) is 0. The second kappa shape index (κ2) is 7.51. The van der Waals surface area contributed by atoms with Gasteiger partial charge < -0.3 is 14.0 Å². The molecule has 22 heavy (non-hydrogen) atoms. The van der Waals surface area contributed by atoms with E-state index in [0.717, 1.165) is 22.1 Å². The Kier molecular flexibility index (Phi) is 5.68. The van der Waals surface area contributed by atoms with E-state index in [-0.39, 0.29) is 12.2 Å². The summed E-state index contributed by atoms with van der Waals surface area (Å²) in [5, 5.41) is 1.66. The van der Waals surface area contributed by atoms with Gasteiger partial charge in [0.25, 0.3) is 0 Å². The summed E-state index contributed by atoms with van der Waals surface area (Å²) in [4.78, 5) is 0. The molecule has 0 radical (unpaired) electrons. The zero-order valence-corrected chi connectivity index (χ0v) is 14.5. The van der Waals surface area contributed by atoms with Crippen molar-refractivity contribution < 1.29 is 14.0 Å². The van der Waals surface area contributed by atoms with Crippen LogP contribution in [0.3, 0.4) is 0 Å². The van der Waals surface area contributed by atoms with Crippen LogP contribution in [0.5, 0.6) is 11.5 Å². The van der Waals surface area contributed by atoms with Gasteiger partial charge in [0.15, 0.2) is 0 Å². The van der Waals surface area contributed by atoms with Crippen molar-refractivity contribution >= 4 is 18.4 Å². The van der Waals surface area contributed by atoms with E-state index < -0.39 is 7.80 Å². The Morgan fingerprint density at radius 2 is 1.00 bits per heavy atom. The van der Waals surface area contributed by atoms with Gasteiger partial charge in [-0.05, 0) is 76.2 Å². The summed E-state index contributed by atoms with van der Waals surface area (Å²) in [7, 11) is -1.99. The minimum atomic E-state index is -1.99. The first-order valence-corrected chi connectivity index (χ1v) is 8.94. The molecule has 4 heteroatoms. The standard InChI is InChI=1S/C18H23O3P/c1-13(2)20-15-5-9-17(10-6-15)22(19)18-11-7-16(8-12-18)21-14(3)4/h5-14,22H,1-4H3. The topological polar surface area (TPSA) is 35.5 Å². The Hall–Kier alpha value is -1.73. The fourth-order valence-electron chi connectivity index (χ4n) is 2.08. The molecule has 3 nitrogen and oxygen atoms in total. The van der Waals surface area contributed by atoms with Crippen LogP contribution in [0.2, 0.25) is 0 Å². The molecule has 0 unspecified atom stereocenters. The quantitative estimate of drug-likeness (QED) is 0.761. The highest BCUT2D eigenvalue weighted by Gasteiger charge is 2.08. The van der Waals surface area contributed by atoms with E-state index in [1.165, 1.54) is 0 Å². The summed E-state index contributed by atoms with van der Waals surface area (Å²) in [5.41, 5.74) is 0. The lowest BCUT2D eigenvalue weighted by Crippen LogP contribution is -2.09. The number of benzene rings is 2. The largest absolute Gasteiger partial charge is 0.491 e. The molecular formula is C18H23O3P. The van der Waals surface area contributed by atoms with Gasteiger partial charge in [0.1, 0.15) is 19.3 Å². The molecule has 118 valence electrons. The molecule has 0 amide bonds.